The Kier molecular flexibility index (Phi) is 5.00. The van der Waals surface area contributed by atoms with Crippen LogP contribution in [0.4, 0.5) is 0 Å². The van der Waals surface area contributed by atoms with E-state index in [4.69, 9.17) is 4.74 Å². The summed E-state index contributed by atoms with van der Waals surface area (Å²) in [6.45, 7) is 2.88. The number of hydrogen-bond acceptors (Lipinski definition) is 2. The van der Waals surface area contributed by atoms with Crippen LogP contribution in [0, 0.1) is 0 Å². The maximum absolute atomic E-state index is 12.1. The van der Waals surface area contributed by atoms with Gasteiger partial charge in [-0.05, 0) is 59.2 Å². The summed E-state index contributed by atoms with van der Waals surface area (Å²) in [5, 5.41) is 12.1. The van der Waals surface area contributed by atoms with E-state index < -0.39 is 5.60 Å². The van der Waals surface area contributed by atoms with Gasteiger partial charge in [-0.15, -0.1) is 0 Å². The summed E-state index contributed by atoms with van der Waals surface area (Å²) in [6, 6.07) is 24.5. The number of rotatable bonds is 5. The summed E-state index contributed by atoms with van der Waals surface area (Å²) in [7, 11) is 0. The Morgan fingerprint density at radius 2 is 1.37 bits per heavy atom. The van der Waals surface area contributed by atoms with Gasteiger partial charge in [-0.1, -0.05) is 74.0 Å². The average Bonchev–Trinajstić information content (AvgIpc) is 2.85. The van der Waals surface area contributed by atoms with Crippen LogP contribution in [0.2, 0.25) is 0 Å². The lowest BCUT2D eigenvalue weighted by Gasteiger charge is -2.31. The molecule has 3 aromatic carbocycles. The molecule has 0 amide bonds. The fourth-order valence-electron chi connectivity index (χ4n) is 4.03. The summed E-state index contributed by atoms with van der Waals surface area (Å²) in [5.74, 6) is 0.853. The van der Waals surface area contributed by atoms with Gasteiger partial charge in [0.05, 0.1) is 6.61 Å². The van der Waals surface area contributed by atoms with E-state index in [0.29, 0.717) is 0 Å². The van der Waals surface area contributed by atoms with Crippen LogP contribution in [0.3, 0.4) is 0 Å². The molecule has 0 saturated carbocycles. The number of ether oxygens (including phenoxy) is 1. The Morgan fingerprint density at radius 1 is 0.815 bits per heavy atom. The maximum Gasteiger partial charge on any atom is 0.141 e. The molecule has 0 heterocycles. The third-order valence-corrected chi connectivity index (χ3v) is 5.52. The second-order valence-corrected chi connectivity index (χ2v) is 7.25. The van der Waals surface area contributed by atoms with Crippen LogP contribution >= 0.6 is 0 Å². The molecule has 2 heteroatoms. The highest BCUT2D eigenvalue weighted by atomic mass is 16.5. The topological polar surface area (TPSA) is 29.5 Å². The molecule has 4 rings (SSSR count). The van der Waals surface area contributed by atoms with Crippen LogP contribution in [-0.2, 0) is 18.4 Å². The van der Waals surface area contributed by atoms with Crippen molar-refractivity contribution < 1.29 is 9.84 Å². The molecule has 0 aromatic heterocycles. The van der Waals surface area contributed by atoms with Gasteiger partial charge in [-0.2, -0.15) is 0 Å². The van der Waals surface area contributed by atoms with E-state index >= 15 is 0 Å². The van der Waals surface area contributed by atoms with Crippen LogP contribution < -0.4 is 4.74 Å². The van der Waals surface area contributed by atoms with Crippen molar-refractivity contribution in [2.24, 2.45) is 0 Å². The van der Waals surface area contributed by atoms with E-state index in [1.165, 1.54) is 11.1 Å². The Balaban J connectivity index is 1.81. The van der Waals surface area contributed by atoms with E-state index in [0.717, 1.165) is 54.7 Å². The Morgan fingerprint density at radius 3 is 1.93 bits per heavy atom. The minimum atomic E-state index is -1.15. The van der Waals surface area contributed by atoms with Gasteiger partial charge in [0.15, 0.2) is 0 Å². The molecule has 0 spiro atoms. The summed E-state index contributed by atoms with van der Waals surface area (Å²) >= 11 is 0. The first-order valence-corrected chi connectivity index (χ1v) is 9.86. The lowest BCUT2D eigenvalue weighted by Crippen LogP contribution is -2.30. The normalized spacial score (nSPS) is 14.7. The Hall–Kier alpha value is -2.58. The van der Waals surface area contributed by atoms with Gasteiger partial charge in [0.2, 0.25) is 0 Å². The molecule has 138 valence electrons. The van der Waals surface area contributed by atoms with Gasteiger partial charge in [-0.25, -0.2) is 0 Å². The largest absolute Gasteiger partial charge is 0.494 e. The number of aryl methyl sites for hydroxylation is 2. The first-order valence-electron chi connectivity index (χ1n) is 9.86. The summed E-state index contributed by atoms with van der Waals surface area (Å²) in [4.78, 5) is 0. The van der Waals surface area contributed by atoms with Crippen molar-refractivity contribution >= 4 is 0 Å². The Bertz CT molecular complexity index is 864. The van der Waals surface area contributed by atoms with Crippen LogP contribution in [-0.4, -0.2) is 11.7 Å². The monoisotopic (exact) mass is 358 g/mol. The molecule has 0 bridgehead atoms. The second kappa shape index (κ2) is 7.58. The van der Waals surface area contributed by atoms with Crippen molar-refractivity contribution in [1.29, 1.82) is 0 Å². The number of unbranched alkanes of at least 4 members (excludes halogenated alkanes) is 1. The third kappa shape index (κ3) is 3.26. The number of hydrogen-bond donors (Lipinski definition) is 1. The molecular weight excluding hydrogens is 332 g/mol. The molecule has 1 aliphatic rings. The Labute approximate surface area is 161 Å². The molecule has 0 radical (unpaired) electrons. The van der Waals surface area contributed by atoms with Crippen LogP contribution in [0.15, 0.2) is 72.8 Å². The van der Waals surface area contributed by atoms with Crippen molar-refractivity contribution in [2.75, 3.05) is 6.61 Å². The second-order valence-electron chi connectivity index (χ2n) is 7.25. The zero-order valence-electron chi connectivity index (χ0n) is 15.8. The summed E-state index contributed by atoms with van der Waals surface area (Å²) in [5.41, 5.74) is 4.11. The minimum absolute atomic E-state index is 0.728. The minimum Gasteiger partial charge on any atom is -0.494 e. The van der Waals surface area contributed by atoms with E-state index in [1.807, 2.05) is 36.4 Å². The fraction of sp³-hybridized carbons (Fsp3) is 0.280. The predicted molar refractivity (Wildman–Crippen MR) is 109 cm³/mol. The van der Waals surface area contributed by atoms with E-state index in [2.05, 4.69) is 43.3 Å². The van der Waals surface area contributed by atoms with E-state index in [9.17, 15) is 5.11 Å². The van der Waals surface area contributed by atoms with Crippen LogP contribution in [0.5, 0.6) is 5.75 Å². The summed E-state index contributed by atoms with van der Waals surface area (Å²) < 4.78 is 5.80. The van der Waals surface area contributed by atoms with Crippen molar-refractivity contribution in [3.05, 3.63) is 101 Å². The van der Waals surface area contributed by atoms with Crippen molar-refractivity contribution in [3.8, 4) is 5.75 Å². The first kappa shape index (κ1) is 17.8. The maximum atomic E-state index is 12.1. The molecule has 0 aliphatic heterocycles. The standard InChI is InChI=1S/C25H26O2/c1-2-3-18-27-22-16-14-21(15-17-22)25(26)23-10-6-4-8-19(23)12-13-20-9-5-7-11-24(20)25/h4-11,14-17,26H,2-3,12-13,18H2,1H3. The predicted octanol–water partition coefficient (Wildman–Crippen LogP) is 5.25. The van der Waals surface area contributed by atoms with E-state index in [-0.39, 0.29) is 0 Å². The third-order valence-electron chi connectivity index (χ3n) is 5.52. The molecule has 27 heavy (non-hydrogen) atoms. The summed E-state index contributed by atoms with van der Waals surface area (Å²) in [6.07, 6.45) is 4.04. The van der Waals surface area contributed by atoms with Crippen molar-refractivity contribution in [3.63, 3.8) is 0 Å². The highest BCUT2D eigenvalue weighted by molar-refractivity contribution is 5.54. The smallest absolute Gasteiger partial charge is 0.141 e. The first-order chi connectivity index (χ1) is 13.2. The highest BCUT2D eigenvalue weighted by Crippen LogP contribution is 2.42. The molecule has 1 aliphatic carbocycles. The molecule has 0 fully saturated rings. The van der Waals surface area contributed by atoms with Gasteiger partial charge in [0, 0.05) is 0 Å². The van der Waals surface area contributed by atoms with Crippen LogP contribution in [0.1, 0.15) is 47.6 Å². The SMILES string of the molecule is CCCCOc1ccc(C2(O)c3ccccc3CCc3ccccc32)cc1. The van der Waals surface area contributed by atoms with Crippen molar-refractivity contribution in [1.82, 2.24) is 0 Å². The molecule has 0 unspecified atom stereocenters. The van der Waals surface area contributed by atoms with Gasteiger partial charge in [0.1, 0.15) is 11.4 Å². The number of aliphatic hydroxyl groups is 1. The van der Waals surface area contributed by atoms with E-state index in [1.54, 1.807) is 0 Å². The number of benzene rings is 3. The van der Waals surface area contributed by atoms with Gasteiger partial charge in [-0.3, -0.25) is 0 Å². The molecule has 0 saturated heterocycles. The molecule has 1 N–H and O–H groups in total. The number of fused-ring (bicyclic) bond motifs is 2. The lowest BCUT2D eigenvalue weighted by molar-refractivity contribution is 0.125. The lowest BCUT2D eigenvalue weighted by atomic mass is 9.78. The zero-order valence-corrected chi connectivity index (χ0v) is 15.8. The molecule has 2 nitrogen and oxygen atoms in total. The zero-order chi connectivity index (χ0) is 18.7. The molecule has 0 atom stereocenters. The quantitative estimate of drug-likeness (QED) is 0.631. The molecule has 3 aromatic rings. The van der Waals surface area contributed by atoms with Crippen molar-refractivity contribution in [2.45, 2.75) is 38.2 Å². The van der Waals surface area contributed by atoms with Gasteiger partial charge in [0.25, 0.3) is 0 Å². The average molecular weight is 358 g/mol. The van der Waals surface area contributed by atoms with Crippen LogP contribution in [0.25, 0.3) is 0 Å². The van der Waals surface area contributed by atoms with Gasteiger partial charge >= 0.3 is 0 Å². The molecular formula is C25H26O2. The highest BCUT2D eigenvalue weighted by Gasteiger charge is 2.38. The fourth-order valence-corrected chi connectivity index (χ4v) is 4.03. The van der Waals surface area contributed by atoms with Gasteiger partial charge < -0.3 is 9.84 Å².